The minimum absolute atomic E-state index is 0.159. The van der Waals surface area contributed by atoms with E-state index in [0.717, 1.165) is 10.7 Å². The summed E-state index contributed by atoms with van der Waals surface area (Å²) in [6, 6.07) is 11.2. The molecule has 168 valence electrons. The van der Waals surface area contributed by atoms with Crippen LogP contribution < -0.4 is 10.6 Å². The molecule has 0 fully saturated rings. The molecule has 0 aliphatic heterocycles. The number of anilines is 1. The Kier molecular flexibility index (Phi) is 7.16. The number of aromatic nitrogens is 2. The van der Waals surface area contributed by atoms with Crippen LogP contribution in [0.3, 0.4) is 0 Å². The SMILES string of the molecule is COCCNC(=O)c1ccc(NC(=O)c2ccc(-n3ccc(C(F)(F)F)n3)cc2)cc1Cl. The number of hydrogen-bond acceptors (Lipinski definition) is 4. The summed E-state index contributed by atoms with van der Waals surface area (Å²) in [7, 11) is 1.52. The largest absolute Gasteiger partial charge is 0.435 e. The van der Waals surface area contributed by atoms with Gasteiger partial charge in [-0.3, -0.25) is 9.59 Å². The maximum atomic E-state index is 12.7. The van der Waals surface area contributed by atoms with Crippen molar-refractivity contribution in [3.63, 3.8) is 0 Å². The van der Waals surface area contributed by atoms with Crippen LogP contribution in [0.4, 0.5) is 18.9 Å². The van der Waals surface area contributed by atoms with E-state index in [1.807, 2.05) is 0 Å². The highest BCUT2D eigenvalue weighted by Gasteiger charge is 2.33. The molecule has 1 aromatic heterocycles. The standard InChI is InChI=1S/C21H18ClF3N4O3/c1-32-11-9-26-20(31)16-7-4-14(12-17(16)22)27-19(30)13-2-5-15(6-3-13)29-10-8-18(28-29)21(23,24)25/h2-8,10,12H,9,11H2,1H3,(H,26,31)(H,27,30). The molecule has 0 aliphatic carbocycles. The molecule has 11 heteroatoms. The summed E-state index contributed by atoms with van der Waals surface area (Å²) in [6.07, 6.45) is -3.35. The van der Waals surface area contributed by atoms with Gasteiger partial charge in [-0.25, -0.2) is 4.68 Å². The number of carbonyl (C=O) groups excluding carboxylic acids is 2. The van der Waals surface area contributed by atoms with Crippen LogP contribution >= 0.6 is 11.6 Å². The molecule has 32 heavy (non-hydrogen) atoms. The van der Waals surface area contributed by atoms with Gasteiger partial charge in [-0.05, 0) is 48.5 Å². The second-order valence-electron chi connectivity index (χ2n) is 6.59. The van der Waals surface area contributed by atoms with Crippen molar-refractivity contribution in [2.45, 2.75) is 6.18 Å². The van der Waals surface area contributed by atoms with Crippen molar-refractivity contribution >= 4 is 29.1 Å². The first-order valence-electron chi connectivity index (χ1n) is 9.30. The second kappa shape index (κ2) is 9.84. The lowest BCUT2D eigenvalue weighted by Crippen LogP contribution is -2.27. The molecular formula is C21H18ClF3N4O3. The summed E-state index contributed by atoms with van der Waals surface area (Å²) < 4.78 is 44.0. The Balaban J connectivity index is 1.66. The summed E-state index contributed by atoms with van der Waals surface area (Å²) in [5.41, 5.74) is 0.257. The zero-order chi connectivity index (χ0) is 23.3. The molecule has 0 saturated carbocycles. The van der Waals surface area contributed by atoms with Crippen LogP contribution in [0, 0.1) is 0 Å². The Labute approximate surface area is 186 Å². The maximum absolute atomic E-state index is 12.7. The van der Waals surface area contributed by atoms with Crippen molar-refractivity contribution in [3.8, 4) is 5.69 Å². The zero-order valence-corrected chi connectivity index (χ0v) is 17.5. The second-order valence-corrected chi connectivity index (χ2v) is 6.99. The molecule has 2 N–H and O–H groups in total. The predicted molar refractivity (Wildman–Crippen MR) is 112 cm³/mol. The van der Waals surface area contributed by atoms with Crippen molar-refractivity contribution < 1.29 is 27.5 Å². The van der Waals surface area contributed by atoms with Crippen LogP contribution in [0.1, 0.15) is 26.4 Å². The third-order valence-electron chi connectivity index (χ3n) is 4.34. The molecule has 0 atom stereocenters. The molecule has 3 aromatic rings. The molecule has 1 heterocycles. The number of nitrogens with one attached hydrogen (secondary N) is 2. The lowest BCUT2D eigenvalue weighted by atomic mass is 10.1. The molecular weight excluding hydrogens is 449 g/mol. The van der Waals surface area contributed by atoms with E-state index in [4.69, 9.17) is 16.3 Å². The number of carbonyl (C=O) groups is 2. The van der Waals surface area contributed by atoms with Crippen molar-refractivity contribution in [2.75, 3.05) is 25.6 Å². The lowest BCUT2D eigenvalue weighted by Gasteiger charge is -2.10. The minimum atomic E-state index is -4.54. The Hall–Kier alpha value is -3.37. The Morgan fingerprint density at radius 2 is 1.81 bits per heavy atom. The number of hydrogen-bond donors (Lipinski definition) is 2. The number of alkyl halides is 3. The molecule has 0 aliphatic rings. The summed E-state index contributed by atoms with van der Waals surface area (Å²) in [6.45, 7) is 0.691. The minimum Gasteiger partial charge on any atom is -0.383 e. The lowest BCUT2D eigenvalue weighted by molar-refractivity contribution is -0.141. The highest BCUT2D eigenvalue weighted by molar-refractivity contribution is 6.34. The zero-order valence-electron chi connectivity index (χ0n) is 16.7. The van der Waals surface area contributed by atoms with E-state index in [1.165, 1.54) is 55.8 Å². The quantitative estimate of drug-likeness (QED) is 0.512. The molecule has 0 unspecified atom stereocenters. The van der Waals surface area contributed by atoms with Crippen LogP contribution in [0.25, 0.3) is 5.69 Å². The molecule has 7 nitrogen and oxygen atoms in total. The molecule has 0 spiro atoms. The summed E-state index contributed by atoms with van der Waals surface area (Å²) in [5.74, 6) is -0.825. The van der Waals surface area contributed by atoms with E-state index in [0.29, 0.717) is 24.5 Å². The van der Waals surface area contributed by atoms with Gasteiger partial charge in [0, 0.05) is 31.1 Å². The van der Waals surface area contributed by atoms with Crippen LogP contribution in [-0.4, -0.2) is 41.9 Å². The van der Waals surface area contributed by atoms with Crippen LogP contribution in [0.5, 0.6) is 0 Å². The first kappa shape index (κ1) is 23.3. The van der Waals surface area contributed by atoms with Gasteiger partial charge in [0.25, 0.3) is 11.8 Å². The smallest absolute Gasteiger partial charge is 0.383 e. The highest BCUT2D eigenvalue weighted by Crippen LogP contribution is 2.28. The molecule has 0 bridgehead atoms. The van der Waals surface area contributed by atoms with E-state index in [9.17, 15) is 22.8 Å². The number of halogens is 4. The van der Waals surface area contributed by atoms with Crippen LogP contribution in [-0.2, 0) is 10.9 Å². The normalized spacial score (nSPS) is 11.3. The number of rotatable bonds is 7. The van der Waals surface area contributed by atoms with E-state index >= 15 is 0 Å². The number of amides is 2. The molecule has 2 aromatic carbocycles. The van der Waals surface area contributed by atoms with E-state index in [1.54, 1.807) is 0 Å². The summed E-state index contributed by atoms with van der Waals surface area (Å²) >= 11 is 6.16. The Morgan fingerprint density at radius 3 is 2.41 bits per heavy atom. The van der Waals surface area contributed by atoms with Crippen molar-refractivity contribution in [3.05, 3.63) is 76.6 Å². The van der Waals surface area contributed by atoms with E-state index in [2.05, 4.69) is 15.7 Å². The fourth-order valence-corrected chi connectivity index (χ4v) is 2.99. The predicted octanol–water partition coefficient (Wildman–Crippen LogP) is 4.17. The van der Waals surface area contributed by atoms with Crippen LogP contribution in [0.15, 0.2) is 54.7 Å². The third-order valence-corrected chi connectivity index (χ3v) is 4.65. The van der Waals surface area contributed by atoms with Gasteiger partial charge in [0.2, 0.25) is 0 Å². The fourth-order valence-electron chi connectivity index (χ4n) is 2.73. The number of ether oxygens (including phenoxy) is 1. The van der Waals surface area contributed by atoms with Gasteiger partial charge >= 0.3 is 6.18 Å². The van der Waals surface area contributed by atoms with Gasteiger partial charge in [0.15, 0.2) is 5.69 Å². The summed E-state index contributed by atoms with van der Waals surface area (Å²) in [5, 5.41) is 8.95. The third kappa shape index (κ3) is 5.65. The van der Waals surface area contributed by atoms with Crippen molar-refractivity contribution in [1.82, 2.24) is 15.1 Å². The monoisotopic (exact) mass is 466 g/mol. The molecule has 3 rings (SSSR count). The first-order chi connectivity index (χ1) is 15.2. The molecule has 2 amide bonds. The fraction of sp³-hybridized carbons (Fsp3) is 0.190. The number of nitrogens with zero attached hydrogens (tertiary/aromatic N) is 2. The van der Waals surface area contributed by atoms with Crippen LogP contribution in [0.2, 0.25) is 5.02 Å². The Morgan fingerprint density at radius 1 is 1.09 bits per heavy atom. The average Bonchev–Trinajstić information content (AvgIpc) is 3.25. The van der Waals surface area contributed by atoms with Gasteiger partial charge < -0.3 is 15.4 Å². The number of methoxy groups -OCH3 is 1. The Bertz CT molecular complexity index is 1110. The molecule has 0 radical (unpaired) electrons. The van der Waals surface area contributed by atoms with Gasteiger partial charge in [0.1, 0.15) is 0 Å². The van der Waals surface area contributed by atoms with E-state index < -0.39 is 17.8 Å². The van der Waals surface area contributed by atoms with E-state index in [-0.39, 0.29) is 22.1 Å². The van der Waals surface area contributed by atoms with Crippen molar-refractivity contribution in [2.24, 2.45) is 0 Å². The van der Waals surface area contributed by atoms with Gasteiger partial charge in [-0.1, -0.05) is 11.6 Å². The number of benzene rings is 2. The van der Waals surface area contributed by atoms with Gasteiger partial charge in [0.05, 0.1) is 22.9 Å². The molecule has 0 saturated heterocycles. The highest BCUT2D eigenvalue weighted by atomic mass is 35.5. The first-order valence-corrected chi connectivity index (χ1v) is 9.68. The van der Waals surface area contributed by atoms with Gasteiger partial charge in [-0.2, -0.15) is 18.3 Å². The van der Waals surface area contributed by atoms with Crippen molar-refractivity contribution in [1.29, 1.82) is 0 Å². The topological polar surface area (TPSA) is 85.3 Å². The summed E-state index contributed by atoms with van der Waals surface area (Å²) in [4.78, 5) is 24.6. The maximum Gasteiger partial charge on any atom is 0.435 e. The average molecular weight is 467 g/mol. The van der Waals surface area contributed by atoms with Gasteiger partial charge in [-0.15, -0.1) is 0 Å².